The van der Waals surface area contributed by atoms with E-state index in [1.807, 2.05) is 41.3 Å². The van der Waals surface area contributed by atoms with Crippen molar-refractivity contribution in [2.75, 3.05) is 19.6 Å². The molecule has 1 aliphatic carbocycles. The normalized spacial score (nSPS) is 19.5. The highest BCUT2D eigenvalue weighted by molar-refractivity contribution is 6.31. The van der Waals surface area contributed by atoms with Crippen LogP contribution in [0.3, 0.4) is 0 Å². The van der Waals surface area contributed by atoms with E-state index >= 15 is 0 Å². The van der Waals surface area contributed by atoms with Crippen LogP contribution in [-0.4, -0.2) is 41.3 Å². The lowest BCUT2D eigenvalue weighted by Crippen LogP contribution is -2.41. The van der Waals surface area contributed by atoms with Gasteiger partial charge in [-0.15, -0.1) is 0 Å². The van der Waals surface area contributed by atoms with Crippen LogP contribution < -0.4 is 5.32 Å². The van der Waals surface area contributed by atoms with Gasteiger partial charge in [-0.25, -0.2) is 0 Å². The molecule has 2 heterocycles. The minimum atomic E-state index is 0.107. The molecule has 5 nitrogen and oxygen atoms in total. The van der Waals surface area contributed by atoms with Gasteiger partial charge in [-0.3, -0.25) is 14.6 Å². The highest BCUT2D eigenvalue weighted by Gasteiger charge is 2.58. The summed E-state index contributed by atoms with van der Waals surface area (Å²) in [4.78, 5) is 31.2. The Labute approximate surface area is 182 Å². The molecule has 2 amide bonds. The molecule has 30 heavy (non-hydrogen) atoms. The number of benzene rings is 1. The van der Waals surface area contributed by atoms with E-state index in [0.29, 0.717) is 18.0 Å². The van der Waals surface area contributed by atoms with Gasteiger partial charge in [0.1, 0.15) is 0 Å². The van der Waals surface area contributed by atoms with Crippen molar-refractivity contribution in [1.82, 2.24) is 15.2 Å². The quantitative estimate of drug-likeness (QED) is 0.688. The van der Waals surface area contributed by atoms with Crippen LogP contribution in [0.4, 0.5) is 0 Å². The molecule has 1 aliphatic heterocycles. The first-order chi connectivity index (χ1) is 14.6. The Balaban J connectivity index is 1.18. The van der Waals surface area contributed by atoms with Crippen molar-refractivity contribution in [3.8, 4) is 0 Å². The first-order valence-corrected chi connectivity index (χ1v) is 11.1. The Morgan fingerprint density at radius 1 is 1.13 bits per heavy atom. The van der Waals surface area contributed by atoms with Gasteiger partial charge in [0.2, 0.25) is 11.8 Å². The standard InChI is InChI=1S/C24H28ClN3O2/c25-21-6-2-1-5-19(21)16-22(29)28-14-9-24(10-15-28)17-20(24)23(30)27-11-3-4-18-7-12-26-13-8-18/h1-2,5-8,12-13,20H,3-4,9-11,14-17H2,(H,27,30)/t20-/m0/s1. The zero-order chi connectivity index (χ0) is 21.0. The third-order valence-corrected chi connectivity index (χ3v) is 6.98. The van der Waals surface area contributed by atoms with E-state index in [1.165, 1.54) is 5.56 Å². The summed E-state index contributed by atoms with van der Waals surface area (Å²) in [6.07, 6.45) is 8.60. The number of halogens is 1. The average Bonchev–Trinajstić information content (AvgIpc) is 3.47. The number of carbonyl (C=O) groups excluding carboxylic acids is 2. The number of nitrogens with zero attached hydrogens (tertiary/aromatic N) is 2. The molecule has 2 aliphatic rings. The van der Waals surface area contributed by atoms with Crippen LogP contribution in [0, 0.1) is 11.3 Å². The summed E-state index contributed by atoms with van der Waals surface area (Å²) in [5, 5.41) is 3.75. The lowest BCUT2D eigenvalue weighted by molar-refractivity contribution is -0.132. The highest BCUT2D eigenvalue weighted by atomic mass is 35.5. The lowest BCUT2D eigenvalue weighted by atomic mass is 9.90. The predicted molar refractivity (Wildman–Crippen MR) is 117 cm³/mol. The molecule has 1 aromatic heterocycles. The SMILES string of the molecule is O=C(NCCCc1ccncc1)[C@@H]1CC12CCN(C(=O)Cc1ccccc1Cl)CC2. The summed E-state index contributed by atoms with van der Waals surface area (Å²) < 4.78 is 0. The summed E-state index contributed by atoms with van der Waals surface area (Å²) in [6.45, 7) is 2.17. The molecule has 158 valence electrons. The number of pyridine rings is 1. The Morgan fingerprint density at radius 2 is 1.87 bits per heavy atom. The predicted octanol–water partition coefficient (Wildman–Crippen LogP) is 3.66. The second kappa shape index (κ2) is 9.17. The zero-order valence-electron chi connectivity index (χ0n) is 17.1. The smallest absolute Gasteiger partial charge is 0.227 e. The van der Waals surface area contributed by atoms with Gasteiger partial charge in [0.15, 0.2) is 0 Å². The monoisotopic (exact) mass is 425 g/mol. The van der Waals surface area contributed by atoms with E-state index in [9.17, 15) is 9.59 Å². The van der Waals surface area contributed by atoms with E-state index < -0.39 is 0 Å². The summed E-state index contributed by atoms with van der Waals surface area (Å²) in [5.41, 5.74) is 2.23. The van der Waals surface area contributed by atoms with Gasteiger partial charge in [0.25, 0.3) is 0 Å². The molecule has 0 bridgehead atoms. The number of amides is 2. The van der Waals surface area contributed by atoms with E-state index in [0.717, 1.165) is 50.8 Å². The number of piperidine rings is 1. The number of aromatic nitrogens is 1. The number of hydrogen-bond donors (Lipinski definition) is 1. The van der Waals surface area contributed by atoms with Crippen LogP contribution in [0.25, 0.3) is 0 Å². The van der Waals surface area contributed by atoms with Gasteiger partial charge >= 0.3 is 0 Å². The topological polar surface area (TPSA) is 62.3 Å². The molecular weight excluding hydrogens is 398 g/mol. The maximum atomic E-state index is 12.6. The van der Waals surface area contributed by atoms with Crippen molar-refractivity contribution in [1.29, 1.82) is 0 Å². The van der Waals surface area contributed by atoms with E-state index in [-0.39, 0.29) is 23.1 Å². The third kappa shape index (κ3) is 4.84. The fraction of sp³-hybridized carbons (Fsp3) is 0.458. The van der Waals surface area contributed by atoms with E-state index in [1.54, 1.807) is 12.4 Å². The van der Waals surface area contributed by atoms with Crippen LogP contribution in [0.15, 0.2) is 48.8 Å². The Morgan fingerprint density at radius 3 is 2.60 bits per heavy atom. The maximum absolute atomic E-state index is 12.6. The maximum Gasteiger partial charge on any atom is 0.227 e. The summed E-state index contributed by atoms with van der Waals surface area (Å²) in [6, 6.07) is 11.5. The first kappa shape index (κ1) is 20.9. The molecule has 1 saturated carbocycles. The van der Waals surface area contributed by atoms with Crippen LogP contribution >= 0.6 is 11.6 Å². The van der Waals surface area contributed by atoms with E-state index in [4.69, 9.17) is 11.6 Å². The molecule has 0 radical (unpaired) electrons. The fourth-order valence-corrected chi connectivity index (χ4v) is 4.77. The molecule has 2 aromatic rings. The van der Waals surface area contributed by atoms with Crippen molar-refractivity contribution in [3.63, 3.8) is 0 Å². The van der Waals surface area contributed by atoms with Crippen LogP contribution in [-0.2, 0) is 22.4 Å². The highest BCUT2D eigenvalue weighted by Crippen LogP contribution is 2.59. The molecule has 6 heteroatoms. The second-order valence-corrected chi connectivity index (χ2v) is 8.93. The minimum Gasteiger partial charge on any atom is -0.356 e. The molecule has 2 fully saturated rings. The van der Waals surface area contributed by atoms with Crippen molar-refractivity contribution < 1.29 is 9.59 Å². The molecule has 4 rings (SSSR count). The van der Waals surface area contributed by atoms with Crippen molar-refractivity contribution in [2.24, 2.45) is 11.3 Å². The van der Waals surface area contributed by atoms with Gasteiger partial charge in [0, 0.05) is 43.0 Å². The van der Waals surface area contributed by atoms with E-state index in [2.05, 4.69) is 10.3 Å². The van der Waals surface area contributed by atoms with Gasteiger partial charge in [0.05, 0.1) is 6.42 Å². The minimum absolute atomic E-state index is 0.107. The average molecular weight is 426 g/mol. The van der Waals surface area contributed by atoms with Crippen molar-refractivity contribution >= 4 is 23.4 Å². The Kier molecular flexibility index (Phi) is 6.38. The van der Waals surface area contributed by atoms with Crippen LogP contribution in [0.1, 0.15) is 36.8 Å². The summed E-state index contributed by atoms with van der Waals surface area (Å²) >= 11 is 6.19. The largest absolute Gasteiger partial charge is 0.356 e. The number of nitrogens with one attached hydrogen (secondary N) is 1. The Bertz CT molecular complexity index is 894. The van der Waals surface area contributed by atoms with Gasteiger partial charge in [-0.2, -0.15) is 0 Å². The van der Waals surface area contributed by atoms with Gasteiger partial charge < -0.3 is 10.2 Å². The molecule has 1 aromatic carbocycles. The second-order valence-electron chi connectivity index (χ2n) is 8.52. The zero-order valence-corrected chi connectivity index (χ0v) is 17.9. The number of rotatable bonds is 7. The van der Waals surface area contributed by atoms with Gasteiger partial charge in [-0.1, -0.05) is 29.8 Å². The number of likely N-dealkylation sites (tertiary alicyclic amines) is 1. The molecule has 1 atom stereocenters. The van der Waals surface area contributed by atoms with Crippen LogP contribution in [0.5, 0.6) is 0 Å². The molecule has 1 N–H and O–H groups in total. The summed E-state index contributed by atoms with van der Waals surface area (Å²) in [5.74, 6) is 0.413. The summed E-state index contributed by atoms with van der Waals surface area (Å²) in [7, 11) is 0. The fourth-order valence-electron chi connectivity index (χ4n) is 4.57. The number of hydrogen-bond acceptors (Lipinski definition) is 3. The van der Waals surface area contributed by atoms with Gasteiger partial charge in [-0.05, 0) is 66.8 Å². The molecule has 1 saturated heterocycles. The Hall–Kier alpha value is -2.40. The van der Waals surface area contributed by atoms with Crippen LogP contribution in [0.2, 0.25) is 5.02 Å². The lowest BCUT2D eigenvalue weighted by Gasteiger charge is -2.33. The van der Waals surface area contributed by atoms with Crippen molar-refractivity contribution in [2.45, 2.75) is 38.5 Å². The number of carbonyl (C=O) groups is 2. The number of aryl methyl sites for hydroxylation is 1. The third-order valence-electron chi connectivity index (χ3n) is 6.61. The molecular formula is C24H28ClN3O2. The van der Waals surface area contributed by atoms with Crippen molar-refractivity contribution in [3.05, 3.63) is 64.9 Å². The molecule has 1 spiro atoms. The molecule has 0 unspecified atom stereocenters. The first-order valence-electron chi connectivity index (χ1n) is 10.8.